The number of carbonyl (C=O) groups excluding carboxylic acids is 1. The Balaban J connectivity index is 1.98. The third kappa shape index (κ3) is 4.37. The van der Waals surface area contributed by atoms with Gasteiger partial charge in [-0.2, -0.15) is 0 Å². The number of halogens is 1. The molecule has 0 radical (unpaired) electrons. The van der Waals surface area contributed by atoms with Crippen molar-refractivity contribution < 1.29 is 9.53 Å². The maximum absolute atomic E-state index is 13.4. The van der Waals surface area contributed by atoms with Crippen molar-refractivity contribution in [2.45, 2.75) is 13.8 Å². The predicted molar refractivity (Wildman–Crippen MR) is 117 cm³/mol. The number of amides is 1. The van der Waals surface area contributed by atoms with Crippen molar-refractivity contribution in [2.24, 2.45) is 7.05 Å². The predicted octanol–water partition coefficient (Wildman–Crippen LogP) is 3.79. The van der Waals surface area contributed by atoms with Gasteiger partial charge in [0.1, 0.15) is 5.56 Å². The molecule has 0 aliphatic rings. The molecule has 0 N–H and O–H groups in total. The fraction of sp³-hybridized carbons (Fsp3) is 0.421. The van der Waals surface area contributed by atoms with E-state index in [1.54, 1.807) is 22.8 Å². The largest absolute Gasteiger partial charge is 0.479 e. The molecule has 7 nitrogen and oxygen atoms in total. The summed E-state index contributed by atoms with van der Waals surface area (Å²) < 4.78 is 8.91. The summed E-state index contributed by atoms with van der Waals surface area (Å²) in [6.45, 7) is 7.41. The van der Waals surface area contributed by atoms with Crippen LogP contribution < -0.4 is 9.64 Å². The Bertz CT molecular complexity index is 967. The molecule has 150 valence electrons. The number of hydrogen-bond acceptors (Lipinski definition) is 6. The first-order chi connectivity index (χ1) is 13.5. The fourth-order valence-electron chi connectivity index (χ4n) is 2.98. The molecule has 2 aromatic heterocycles. The van der Waals surface area contributed by atoms with Crippen LogP contribution in [0, 0.1) is 0 Å². The van der Waals surface area contributed by atoms with Crippen molar-refractivity contribution >= 4 is 48.5 Å². The highest BCUT2D eigenvalue weighted by Crippen LogP contribution is 2.32. The Morgan fingerprint density at radius 1 is 1.29 bits per heavy atom. The number of aromatic nitrogens is 3. The summed E-state index contributed by atoms with van der Waals surface area (Å²) in [5.41, 5.74) is 1.31. The fourth-order valence-corrected chi connectivity index (χ4v) is 4.52. The smallest absolute Gasteiger partial charge is 0.267 e. The quantitative estimate of drug-likeness (QED) is 0.506. The summed E-state index contributed by atoms with van der Waals surface area (Å²) in [5.74, 6) is 0.166. The van der Waals surface area contributed by atoms with Crippen molar-refractivity contribution in [3.05, 3.63) is 34.4 Å². The second-order valence-corrected chi connectivity index (χ2v) is 8.24. The number of carbonyl (C=O) groups is 1. The summed E-state index contributed by atoms with van der Waals surface area (Å²) in [6.07, 6.45) is 1.69. The number of ether oxygens (including phenoxy) is 1. The van der Waals surface area contributed by atoms with Crippen molar-refractivity contribution in [1.82, 2.24) is 19.7 Å². The van der Waals surface area contributed by atoms with Gasteiger partial charge in [-0.25, -0.2) is 4.98 Å². The third-order valence-electron chi connectivity index (χ3n) is 4.57. The number of benzene rings is 1. The molecule has 0 spiro atoms. The van der Waals surface area contributed by atoms with Gasteiger partial charge in [-0.05, 0) is 31.3 Å². The average molecular weight is 466 g/mol. The Morgan fingerprint density at radius 2 is 2.04 bits per heavy atom. The molecule has 0 saturated carbocycles. The van der Waals surface area contributed by atoms with Crippen molar-refractivity contribution in [3.63, 3.8) is 0 Å². The normalized spacial score (nSPS) is 11.4. The van der Waals surface area contributed by atoms with Crippen LogP contribution in [0.5, 0.6) is 5.88 Å². The van der Waals surface area contributed by atoms with Crippen molar-refractivity contribution in [1.29, 1.82) is 0 Å². The molecule has 2 heterocycles. The number of aryl methyl sites for hydroxylation is 1. The summed E-state index contributed by atoms with van der Waals surface area (Å²) >= 11 is 5.01. The molecule has 0 bridgehead atoms. The van der Waals surface area contributed by atoms with Gasteiger partial charge in [-0.1, -0.05) is 41.1 Å². The lowest BCUT2D eigenvalue weighted by molar-refractivity contribution is 0.0981. The van der Waals surface area contributed by atoms with E-state index in [2.05, 4.69) is 39.8 Å². The van der Waals surface area contributed by atoms with Crippen LogP contribution in [0.15, 0.2) is 28.9 Å². The molecule has 0 aliphatic carbocycles. The first kappa shape index (κ1) is 20.8. The van der Waals surface area contributed by atoms with Crippen LogP contribution in [0.4, 0.5) is 5.13 Å². The molecule has 1 aromatic carbocycles. The molecule has 1 amide bonds. The van der Waals surface area contributed by atoms with Crippen LogP contribution in [0.2, 0.25) is 0 Å². The maximum Gasteiger partial charge on any atom is 0.267 e. The molecule has 0 saturated heterocycles. The second-order valence-electron chi connectivity index (χ2n) is 6.32. The number of rotatable bonds is 8. The molecular weight excluding hydrogens is 442 g/mol. The van der Waals surface area contributed by atoms with E-state index >= 15 is 0 Å². The van der Waals surface area contributed by atoms with Crippen LogP contribution >= 0.6 is 27.3 Å². The van der Waals surface area contributed by atoms with Gasteiger partial charge in [-0.3, -0.25) is 14.4 Å². The first-order valence-electron chi connectivity index (χ1n) is 9.14. The topological polar surface area (TPSA) is 63.5 Å². The van der Waals surface area contributed by atoms with E-state index in [0.717, 1.165) is 34.3 Å². The summed E-state index contributed by atoms with van der Waals surface area (Å²) in [6, 6.07) is 5.93. The molecule has 28 heavy (non-hydrogen) atoms. The van der Waals surface area contributed by atoms with Crippen LogP contribution in [-0.2, 0) is 7.05 Å². The molecule has 9 heteroatoms. The van der Waals surface area contributed by atoms with Crippen LogP contribution in [0.3, 0.4) is 0 Å². The van der Waals surface area contributed by atoms with Gasteiger partial charge in [-0.15, -0.1) is 5.10 Å². The lowest BCUT2D eigenvalue weighted by Gasteiger charge is -2.24. The minimum Gasteiger partial charge on any atom is -0.479 e. The average Bonchev–Trinajstić information content (AvgIpc) is 3.27. The lowest BCUT2D eigenvalue weighted by atomic mass is 10.3. The van der Waals surface area contributed by atoms with Gasteiger partial charge in [0.05, 0.1) is 17.3 Å². The van der Waals surface area contributed by atoms with E-state index in [1.807, 2.05) is 18.2 Å². The highest BCUT2D eigenvalue weighted by atomic mass is 79.9. The van der Waals surface area contributed by atoms with Crippen LogP contribution in [-0.4, -0.2) is 58.9 Å². The molecule has 0 fully saturated rings. The van der Waals surface area contributed by atoms with Gasteiger partial charge in [0.25, 0.3) is 5.91 Å². The minimum atomic E-state index is -0.157. The Hall–Kier alpha value is -1.97. The van der Waals surface area contributed by atoms with Crippen LogP contribution in [0.1, 0.15) is 24.2 Å². The number of hydrogen-bond donors (Lipinski definition) is 0. The Kier molecular flexibility index (Phi) is 6.69. The lowest BCUT2D eigenvalue weighted by Crippen LogP contribution is -2.38. The third-order valence-corrected chi connectivity index (χ3v) is 6.10. The Morgan fingerprint density at radius 3 is 2.71 bits per heavy atom. The molecule has 3 rings (SSSR count). The van der Waals surface area contributed by atoms with Gasteiger partial charge in [0.2, 0.25) is 5.88 Å². The van der Waals surface area contributed by atoms with E-state index < -0.39 is 0 Å². The highest BCUT2D eigenvalue weighted by Gasteiger charge is 2.26. The van der Waals surface area contributed by atoms with Crippen molar-refractivity contribution in [3.8, 4) is 5.88 Å². The van der Waals surface area contributed by atoms with Gasteiger partial charge >= 0.3 is 0 Å². The van der Waals surface area contributed by atoms with Gasteiger partial charge < -0.3 is 9.64 Å². The van der Waals surface area contributed by atoms with Gasteiger partial charge in [0, 0.05) is 30.8 Å². The summed E-state index contributed by atoms with van der Waals surface area (Å²) in [5, 5.41) is 4.90. The first-order valence-corrected chi connectivity index (χ1v) is 10.8. The van der Waals surface area contributed by atoms with E-state index in [9.17, 15) is 4.79 Å². The van der Waals surface area contributed by atoms with E-state index in [0.29, 0.717) is 23.1 Å². The maximum atomic E-state index is 13.4. The standard InChI is InChI=1S/C19H24BrN5O2S/c1-5-24(6-2)9-10-25(18(26)14-12-23(3)22-17(14)27-4)19-21-15-8-7-13(20)11-16(15)28-19/h7-8,11-12H,5-6,9-10H2,1-4H3. The zero-order valence-corrected chi connectivity index (χ0v) is 18.9. The monoisotopic (exact) mass is 465 g/mol. The SMILES string of the molecule is CCN(CC)CCN(C(=O)c1cn(C)nc1OC)c1nc2ccc(Br)cc2s1. The molecule has 0 atom stereocenters. The number of methoxy groups -OCH3 is 1. The zero-order valence-electron chi connectivity index (χ0n) is 16.5. The summed E-state index contributed by atoms with van der Waals surface area (Å²) in [7, 11) is 3.29. The number of anilines is 1. The van der Waals surface area contributed by atoms with Gasteiger partial charge in [0.15, 0.2) is 5.13 Å². The molecule has 0 unspecified atom stereocenters. The van der Waals surface area contributed by atoms with Crippen LogP contribution in [0.25, 0.3) is 10.2 Å². The van der Waals surface area contributed by atoms with E-state index in [-0.39, 0.29) is 5.91 Å². The van der Waals surface area contributed by atoms with E-state index in [1.165, 1.54) is 18.4 Å². The zero-order chi connectivity index (χ0) is 20.3. The van der Waals surface area contributed by atoms with E-state index in [4.69, 9.17) is 9.72 Å². The van der Waals surface area contributed by atoms with Crippen molar-refractivity contribution in [2.75, 3.05) is 38.2 Å². The second kappa shape index (κ2) is 9.02. The minimum absolute atomic E-state index is 0.157. The number of thiazole rings is 1. The Labute approximate surface area is 177 Å². The molecular formula is C19H24BrN5O2S. The molecule has 3 aromatic rings. The highest BCUT2D eigenvalue weighted by molar-refractivity contribution is 9.10. The molecule has 0 aliphatic heterocycles. The number of nitrogens with zero attached hydrogens (tertiary/aromatic N) is 5. The number of likely N-dealkylation sites (N-methyl/N-ethyl adjacent to an activating group) is 1. The number of fused-ring (bicyclic) bond motifs is 1. The summed E-state index contributed by atoms with van der Waals surface area (Å²) in [4.78, 5) is 22.1.